The van der Waals surface area contributed by atoms with Crippen LogP contribution in [0.2, 0.25) is 0 Å². The molecule has 0 fully saturated rings. The number of aromatic nitrogens is 1. The lowest BCUT2D eigenvalue weighted by Gasteiger charge is -2.15. The average Bonchev–Trinajstić information content (AvgIpc) is 2.21. The highest BCUT2D eigenvalue weighted by atomic mass is 79.9. The van der Waals surface area contributed by atoms with Crippen molar-refractivity contribution < 1.29 is 0 Å². The van der Waals surface area contributed by atoms with E-state index in [1.165, 1.54) is 0 Å². The number of nitrogens with zero attached hydrogens (tertiary/aromatic N) is 1. The molecule has 1 aromatic rings. The van der Waals surface area contributed by atoms with E-state index in [0.29, 0.717) is 0 Å². The van der Waals surface area contributed by atoms with Crippen LogP contribution in [0.3, 0.4) is 0 Å². The summed E-state index contributed by atoms with van der Waals surface area (Å²) in [5, 5.41) is 3.37. The van der Waals surface area contributed by atoms with E-state index in [1.54, 1.807) is 6.20 Å². The Labute approximate surface area is 107 Å². The Morgan fingerprint density at radius 3 is 2.87 bits per heavy atom. The van der Waals surface area contributed by atoms with Gasteiger partial charge in [-0.3, -0.25) is 4.98 Å². The molecule has 1 heterocycles. The molecule has 1 rings (SSSR count). The molecular weight excluding hydrogens is 320 g/mol. The highest BCUT2D eigenvalue weighted by molar-refractivity contribution is 9.11. The van der Waals surface area contributed by atoms with E-state index in [2.05, 4.69) is 55.7 Å². The van der Waals surface area contributed by atoms with Crippen LogP contribution < -0.4 is 5.32 Å². The Hall–Kier alpha value is -0.190. The lowest BCUT2D eigenvalue weighted by Crippen LogP contribution is -2.21. The lowest BCUT2D eigenvalue weighted by molar-refractivity contribution is 0.599. The Balaban J connectivity index is 2.86. The maximum absolute atomic E-state index is 4.37. The summed E-state index contributed by atoms with van der Waals surface area (Å²) in [6, 6.07) is 2.10. The van der Waals surface area contributed by atoms with Gasteiger partial charge in [-0.1, -0.05) is 13.0 Å². The summed E-state index contributed by atoms with van der Waals surface area (Å²) >= 11 is 6.88. The van der Waals surface area contributed by atoms with Crippen LogP contribution in [0.4, 0.5) is 0 Å². The van der Waals surface area contributed by atoms with Crippen molar-refractivity contribution in [2.45, 2.75) is 19.4 Å². The van der Waals surface area contributed by atoms with Gasteiger partial charge >= 0.3 is 0 Å². The molecule has 0 amide bonds. The summed E-state index contributed by atoms with van der Waals surface area (Å²) in [6.45, 7) is 6.91. The Bertz CT molecular complexity index is 339. The zero-order valence-electron chi connectivity index (χ0n) is 8.63. The first kappa shape index (κ1) is 12.9. The molecule has 0 bridgehead atoms. The highest BCUT2D eigenvalue weighted by Crippen LogP contribution is 2.24. The van der Waals surface area contributed by atoms with Crippen LogP contribution in [0.1, 0.15) is 25.1 Å². The molecule has 1 unspecified atom stereocenters. The van der Waals surface area contributed by atoms with E-state index < -0.39 is 0 Å². The predicted octanol–water partition coefficient (Wildman–Crippen LogP) is 3.83. The van der Waals surface area contributed by atoms with Crippen molar-refractivity contribution in [3.05, 3.63) is 39.6 Å². The second kappa shape index (κ2) is 6.40. The number of hydrogen-bond acceptors (Lipinski definition) is 2. The molecule has 1 atom stereocenters. The van der Waals surface area contributed by atoms with Crippen LogP contribution in [0, 0.1) is 0 Å². The van der Waals surface area contributed by atoms with Crippen LogP contribution in [-0.4, -0.2) is 11.5 Å². The van der Waals surface area contributed by atoms with Crippen molar-refractivity contribution in [2.24, 2.45) is 0 Å². The SMILES string of the molecule is C=CC(NCCC)c1ncc(Br)cc1Br. The van der Waals surface area contributed by atoms with Crippen LogP contribution in [0.15, 0.2) is 33.9 Å². The fourth-order valence-electron chi connectivity index (χ4n) is 1.25. The summed E-state index contributed by atoms with van der Waals surface area (Å²) in [5.74, 6) is 0. The van der Waals surface area contributed by atoms with Crippen molar-refractivity contribution in [1.29, 1.82) is 0 Å². The zero-order valence-corrected chi connectivity index (χ0v) is 11.8. The van der Waals surface area contributed by atoms with Crippen molar-refractivity contribution in [2.75, 3.05) is 6.54 Å². The monoisotopic (exact) mass is 332 g/mol. The van der Waals surface area contributed by atoms with Crippen molar-refractivity contribution >= 4 is 31.9 Å². The van der Waals surface area contributed by atoms with Gasteiger partial charge in [0.05, 0.1) is 11.7 Å². The molecule has 0 aromatic carbocycles. The number of nitrogens with one attached hydrogen (secondary N) is 1. The molecule has 0 aliphatic rings. The van der Waals surface area contributed by atoms with E-state index in [1.807, 2.05) is 12.1 Å². The smallest absolute Gasteiger partial charge is 0.0754 e. The van der Waals surface area contributed by atoms with E-state index in [9.17, 15) is 0 Å². The van der Waals surface area contributed by atoms with Gasteiger partial charge in [0.15, 0.2) is 0 Å². The quantitative estimate of drug-likeness (QED) is 0.828. The van der Waals surface area contributed by atoms with E-state index in [4.69, 9.17) is 0 Å². The zero-order chi connectivity index (χ0) is 11.3. The Morgan fingerprint density at radius 2 is 2.33 bits per heavy atom. The third-order valence-corrected chi connectivity index (χ3v) is 3.05. The largest absolute Gasteiger partial charge is 0.305 e. The lowest BCUT2D eigenvalue weighted by atomic mass is 10.2. The normalized spacial score (nSPS) is 12.5. The molecule has 0 spiro atoms. The average molecular weight is 334 g/mol. The maximum Gasteiger partial charge on any atom is 0.0754 e. The molecule has 1 aromatic heterocycles. The summed E-state index contributed by atoms with van der Waals surface area (Å²) in [5.41, 5.74) is 0.974. The highest BCUT2D eigenvalue weighted by Gasteiger charge is 2.11. The summed E-state index contributed by atoms with van der Waals surface area (Å²) in [6.07, 6.45) is 4.76. The number of pyridine rings is 1. The molecule has 0 saturated heterocycles. The summed E-state index contributed by atoms with van der Waals surface area (Å²) < 4.78 is 1.96. The van der Waals surface area contributed by atoms with Gasteiger partial charge in [-0.15, -0.1) is 6.58 Å². The van der Waals surface area contributed by atoms with Gasteiger partial charge in [-0.05, 0) is 50.9 Å². The minimum absolute atomic E-state index is 0.104. The van der Waals surface area contributed by atoms with Gasteiger partial charge in [-0.2, -0.15) is 0 Å². The second-order valence-electron chi connectivity index (χ2n) is 3.19. The first-order valence-corrected chi connectivity index (χ1v) is 6.44. The van der Waals surface area contributed by atoms with Crippen LogP contribution in [0.5, 0.6) is 0 Å². The minimum atomic E-state index is 0.104. The van der Waals surface area contributed by atoms with E-state index in [0.717, 1.165) is 27.6 Å². The summed E-state index contributed by atoms with van der Waals surface area (Å²) in [7, 11) is 0. The second-order valence-corrected chi connectivity index (χ2v) is 4.96. The molecule has 82 valence electrons. The fraction of sp³-hybridized carbons (Fsp3) is 0.364. The van der Waals surface area contributed by atoms with Gasteiger partial charge < -0.3 is 5.32 Å². The van der Waals surface area contributed by atoms with Crippen LogP contribution in [-0.2, 0) is 0 Å². The number of rotatable bonds is 5. The van der Waals surface area contributed by atoms with Gasteiger partial charge in [-0.25, -0.2) is 0 Å². The van der Waals surface area contributed by atoms with Gasteiger partial charge in [0.2, 0.25) is 0 Å². The molecule has 15 heavy (non-hydrogen) atoms. The van der Waals surface area contributed by atoms with Crippen LogP contribution >= 0.6 is 31.9 Å². The Kier molecular flexibility index (Phi) is 5.50. The molecule has 1 N–H and O–H groups in total. The predicted molar refractivity (Wildman–Crippen MR) is 70.9 cm³/mol. The van der Waals surface area contributed by atoms with Gasteiger partial charge in [0.1, 0.15) is 0 Å². The summed E-state index contributed by atoms with van der Waals surface area (Å²) in [4.78, 5) is 4.37. The fourth-order valence-corrected chi connectivity index (χ4v) is 2.48. The van der Waals surface area contributed by atoms with Gasteiger partial charge in [0.25, 0.3) is 0 Å². The van der Waals surface area contributed by atoms with Crippen molar-refractivity contribution in [3.8, 4) is 0 Å². The Morgan fingerprint density at radius 1 is 1.60 bits per heavy atom. The standard InChI is InChI=1S/C11H14Br2N2/c1-3-5-14-10(4-2)11-9(13)6-8(12)7-15-11/h4,6-7,10,14H,2-3,5H2,1H3. The minimum Gasteiger partial charge on any atom is -0.305 e. The first-order valence-electron chi connectivity index (χ1n) is 4.86. The molecule has 0 aliphatic heterocycles. The third-order valence-electron chi connectivity index (χ3n) is 1.98. The molecule has 0 aliphatic carbocycles. The van der Waals surface area contributed by atoms with Gasteiger partial charge in [0, 0.05) is 15.1 Å². The molecule has 4 heteroatoms. The number of hydrogen-bond donors (Lipinski definition) is 1. The molecular formula is C11H14Br2N2. The molecule has 0 radical (unpaired) electrons. The van der Waals surface area contributed by atoms with E-state index >= 15 is 0 Å². The topological polar surface area (TPSA) is 24.9 Å². The van der Waals surface area contributed by atoms with Crippen molar-refractivity contribution in [3.63, 3.8) is 0 Å². The molecule has 2 nitrogen and oxygen atoms in total. The maximum atomic E-state index is 4.37. The first-order chi connectivity index (χ1) is 7.19. The van der Waals surface area contributed by atoms with Crippen LogP contribution in [0.25, 0.3) is 0 Å². The number of halogens is 2. The van der Waals surface area contributed by atoms with E-state index in [-0.39, 0.29) is 6.04 Å². The third kappa shape index (κ3) is 3.70. The van der Waals surface area contributed by atoms with Crippen molar-refractivity contribution in [1.82, 2.24) is 10.3 Å². The molecule has 0 saturated carbocycles.